The van der Waals surface area contributed by atoms with Gasteiger partial charge >= 0.3 is 0 Å². The van der Waals surface area contributed by atoms with Gasteiger partial charge in [-0.25, -0.2) is 4.98 Å². The molecule has 1 heterocycles. The molecule has 20 heavy (non-hydrogen) atoms. The first-order chi connectivity index (χ1) is 9.51. The predicted octanol–water partition coefficient (Wildman–Crippen LogP) is 0.708. The third-order valence-electron chi connectivity index (χ3n) is 2.84. The third kappa shape index (κ3) is 2.85. The van der Waals surface area contributed by atoms with Crippen molar-refractivity contribution in [2.24, 2.45) is 5.73 Å². The Morgan fingerprint density at radius 2 is 2.15 bits per heavy atom. The molecule has 0 saturated heterocycles. The SMILES string of the molecule is COc1nc(C)cc(=O)n1Cc1cccc(C(N)=O)c1. The highest BCUT2D eigenvalue weighted by Gasteiger charge is 2.09. The zero-order valence-electron chi connectivity index (χ0n) is 11.3. The maximum Gasteiger partial charge on any atom is 0.299 e. The third-order valence-corrected chi connectivity index (χ3v) is 2.84. The van der Waals surface area contributed by atoms with Gasteiger partial charge in [0.05, 0.1) is 13.7 Å². The number of methoxy groups -OCH3 is 1. The van der Waals surface area contributed by atoms with Crippen LogP contribution < -0.4 is 16.0 Å². The van der Waals surface area contributed by atoms with Gasteiger partial charge in [0.1, 0.15) is 0 Å². The molecule has 1 amide bonds. The smallest absolute Gasteiger partial charge is 0.299 e. The number of hydrogen-bond donors (Lipinski definition) is 1. The second-order valence-electron chi connectivity index (χ2n) is 4.37. The van der Waals surface area contributed by atoms with Crippen molar-refractivity contribution in [3.05, 3.63) is 57.5 Å². The van der Waals surface area contributed by atoms with Crippen LogP contribution in [0.5, 0.6) is 6.01 Å². The second kappa shape index (κ2) is 5.56. The van der Waals surface area contributed by atoms with Crippen LogP contribution in [0, 0.1) is 6.92 Å². The van der Waals surface area contributed by atoms with Gasteiger partial charge in [-0.15, -0.1) is 0 Å². The van der Waals surface area contributed by atoms with Crippen molar-refractivity contribution < 1.29 is 9.53 Å². The average molecular weight is 273 g/mol. The lowest BCUT2D eigenvalue weighted by Gasteiger charge is -2.11. The van der Waals surface area contributed by atoms with Gasteiger partial charge < -0.3 is 10.5 Å². The number of ether oxygens (including phenoxy) is 1. The maximum atomic E-state index is 12.0. The van der Waals surface area contributed by atoms with Gasteiger partial charge in [-0.05, 0) is 24.6 Å². The highest BCUT2D eigenvalue weighted by Crippen LogP contribution is 2.10. The summed E-state index contributed by atoms with van der Waals surface area (Å²) in [6.07, 6.45) is 0. The topological polar surface area (TPSA) is 87.2 Å². The van der Waals surface area contributed by atoms with Crippen molar-refractivity contribution >= 4 is 5.91 Å². The molecule has 0 unspecified atom stereocenters. The molecule has 0 bridgehead atoms. The number of rotatable bonds is 4. The standard InChI is InChI=1S/C14H15N3O3/c1-9-6-12(18)17(14(16-9)20-2)8-10-4-3-5-11(7-10)13(15)19/h3-7H,8H2,1-2H3,(H2,15,19). The van der Waals surface area contributed by atoms with E-state index in [-0.39, 0.29) is 18.1 Å². The van der Waals surface area contributed by atoms with E-state index in [1.54, 1.807) is 31.2 Å². The van der Waals surface area contributed by atoms with Crippen LogP contribution in [0.1, 0.15) is 21.6 Å². The molecular weight excluding hydrogens is 258 g/mol. The van der Waals surface area contributed by atoms with Gasteiger partial charge in [0.15, 0.2) is 0 Å². The molecule has 0 aliphatic rings. The predicted molar refractivity (Wildman–Crippen MR) is 73.8 cm³/mol. The molecule has 0 fully saturated rings. The monoisotopic (exact) mass is 273 g/mol. The Morgan fingerprint density at radius 1 is 1.40 bits per heavy atom. The van der Waals surface area contributed by atoms with E-state index in [4.69, 9.17) is 10.5 Å². The molecule has 0 saturated carbocycles. The van der Waals surface area contributed by atoms with E-state index in [0.717, 1.165) is 5.56 Å². The molecule has 2 aromatic rings. The number of amides is 1. The van der Waals surface area contributed by atoms with Crippen LogP contribution in [0.4, 0.5) is 0 Å². The Morgan fingerprint density at radius 3 is 2.80 bits per heavy atom. The Kier molecular flexibility index (Phi) is 3.84. The van der Waals surface area contributed by atoms with Crippen LogP contribution in [-0.4, -0.2) is 22.6 Å². The molecule has 1 aromatic heterocycles. The van der Waals surface area contributed by atoms with Crippen LogP contribution in [0.15, 0.2) is 35.1 Å². The van der Waals surface area contributed by atoms with Gasteiger partial charge in [0, 0.05) is 17.3 Å². The molecule has 2 rings (SSSR count). The van der Waals surface area contributed by atoms with Crippen LogP contribution in [-0.2, 0) is 6.54 Å². The molecule has 0 aliphatic carbocycles. The number of carbonyl (C=O) groups excluding carboxylic acids is 1. The van der Waals surface area contributed by atoms with Crippen LogP contribution >= 0.6 is 0 Å². The van der Waals surface area contributed by atoms with Crippen molar-refractivity contribution in [3.8, 4) is 6.01 Å². The average Bonchev–Trinajstić information content (AvgIpc) is 2.41. The van der Waals surface area contributed by atoms with E-state index in [9.17, 15) is 9.59 Å². The van der Waals surface area contributed by atoms with Crippen molar-refractivity contribution in [1.82, 2.24) is 9.55 Å². The largest absolute Gasteiger partial charge is 0.468 e. The van der Waals surface area contributed by atoms with Crippen molar-refractivity contribution in [2.75, 3.05) is 7.11 Å². The van der Waals surface area contributed by atoms with Crippen molar-refractivity contribution in [1.29, 1.82) is 0 Å². The molecule has 2 N–H and O–H groups in total. The highest BCUT2D eigenvalue weighted by molar-refractivity contribution is 5.92. The fourth-order valence-corrected chi connectivity index (χ4v) is 1.90. The first-order valence-corrected chi connectivity index (χ1v) is 6.02. The van der Waals surface area contributed by atoms with Gasteiger partial charge in [-0.1, -0.05) is 12.1 Å². The summed E-state index contributed by atoms with van der Waals surface area (Å²) in [4.78, 5) is 27.3. The Hall–Kier alpha value is -2.63. The molecule has 0 atom stereocenters. The molecule has 6 heteroatoms. The van der Waals surface area contributed by atoms with E-state index in [0.29, 0.717) is 11.3 Å². The van der Waals surface area contributed by atoms with Crippen LogP contribution in [0.25, 0.3) is 0 Å². The van der Waals surface area contributed by atoms with E-state index in [1.165, 1.54) is 17.7 Å². The lowest BCUT2D eigenvalue weighted by atomic mass is 10.1. The number of benzene rings is 1. The number of nitrogens with zero attached hydrogens (tertiary/aromatic N) is 2. The number of aryl methyl sites for hydroxylation is 1. The zero-order chi connectivity index (χ0) is 14.7. The Labute approximate surface area is 115 Å². The summed E-state index contributed by atoms with van der Waals surface area (Å²) in [7, 11) is 1.46. The Bertz CT molecular complexity index is 707. The van der Waals surface area contributed by atoms with Gasteiger partial charge in [0.2, 0.25) is 5.91 Å². The molecule has 0 aliphatic heterocycles. The van der Waals surface area contributed by atoms with E-state index in [2.05, 4.69) is 4.98 Å². The summed E-state index contributed by atoms with van der Waals surface area (Å²) in [6, 6.07) is 8.46. The number of aromatic nitrogens is 2. The summed E-state index contributed by atoms with van der Waals surface area (Å²) < 4.78 is 6.51. The van der Waals surface area contributed by atoms with Gasteiger partial charge in [0.25, 0.3) is 11.6 Å². The van der Waals surface area contributed by atoms with E-state index < -0.39 is 5.91 Å². The fourth-order valence-electron chi connectivity index (χ4n) is 1.90. The molecule has 6 nitrogen and oxygen atoms in total. The molecule has 104 valence electrons. The first-order valence-electron chi connectivity index (χ1n) is 6.02. The lowest BCUT2D eigenvalue weighted by molar-refractivity contribution is 0.1000. The lowest BCUT2D eigenvalue weighted by Crippen LogP contribution is -2.23. The number of nitrogens with two attached hydrogens (primary N) is 1. The molecule has 0 radical (unpaired) electrons. The Balaban J connectivity index is 2.42. The van der Waals surface area contributed by atoms with E-state index in [1.807, 2.05) is 0 Å². The minimum Gasteiger partial charge on any atom is -0.468 e. The first kappa shape index (κ1) is 13.8. The van der Waals surface area contributed by atoms with Gasteiger partial charge in [-0.2, -0.15) is 0 Å². The summed E-state index contributed by atoms with van der Waals surface area (Å²) in [5.74, 6) is -0.506. The summed E-state index contributed by atoms with van der Waals surface area (Å²) in [5.41, 5.74) is 6.79. The molecular formula is C14H15N3O3. The summed E-state index contributed by atoms with van der Waals surface area (Å²) in [5, 5.41) is 0. The van der Waals surface area contributed by atoms with Crippen LogP contribution in [0.3, 0.4) is 0 Å². The number of carbonyl (C=O) groups is 1. The molecule has 1 aromatic carbocycles. The summed E-state index contributed by atoms with van der Waals surface area (Å²) in [6.45, 7) is 1.98. The van der Waals surface area contributed by atoms with E-state index >= 15 is 0 Å². The second-order valence-corrected chi connectivity index (χ2v) is 4.37. The van der Waals surface area contributed by atoms with Crippen molar-refractivity contribution in [2.45, 2.75) is 13.5 Å². The highest BCUT2D eigenvalue weighted by atomic mass is 16.5. The fraction of sp³-hybridized carbons (Fsp3) is 0.214. The minimum atomic E-state index is -0.506. The molecule has 0 spiro atoms. The quantitative estimate of drug-likeness (QED) is 0.888. The minimum absolute atomic E-state index is 0.209. The number of primary amides is 1. The maximum absolute atomic E-state index is 12.0. The van der Waals surface area contributed by atoms with Gasteiger partial charge in [-0.3, -0.25) is 14.2 Å². The summed E-state index contributed by atoms with van der Waals surface area (Å²) >= 11 is 0. The van der Waals surface area contributed by atoms with Crippen molar-refractivity contribution in [3.63, 3.8) is 0 Å². The van der Waals surface area contributed by atoms with Crippen LogP contribution in [0.2, 0.25) is 0 Å². The zero-order valence-corrected chi connectivity index (χ0v) is 11.3. The normalized spacial score (nSPS) is 10.3. The number of hydrogen-bond acceptors (Lipinski definition) is 4.